The Labute approximate surface area is 95.6 Å². The lowest BCUT2D eigenvalue weighted by Crippen LogP contribution is -2.25. The van der Waals surface area contributed by atoms with E-state index in [0.29, 0.717) is 6.04 Å². The number of rotatable bonds is 4. The van der Waals surface area contributed by atoms with Crippen LogP contribution in [0.15, 0.2) is 12.4 Å². The van der Waals surface area contributed by atoms with Gasteiger partial charge in [-0.25, -0.2) is 0 Å². The van der Waals surface area contributed by atoms with E-state index in [9.17, 15) is 0 Å². The van der Waals surface area contributed by atoms with E-state index >= 15 is 0 Å². The van der Waals surface area contributed by atoms with E-state index in [0.717, 1.165) is 11.8 Å². The Bertz CT molecular complexity index is 305. The van der Waals surface area contributed by atoms with Crippen LogP contribution in [-0.4, -0.2) is 27.8 Å². The summed E-state index contributed by atoms with van der Waals surface area (Å²) < 4.78 is 2.00. The van der Waals surface area contributed by atoms with Crippen LogP contribution < -0.4 is 5.32 Å². The van der Waals surface area contributed by atoms with Crippen molar-refractivity contribution in [3.8, 4) is 0 Å². The smallest absolute Gasteiger partial charge is 0.0538 e. The van der Waals surface area contributed by atoms with Crippen LogP contribution in [0.1, 0.15) is 31.4 Å². The Kier molecular flexibility index (Phi) is 3.70. The van der Waals surface area contributed by atoms with Crippen LogP contribution in [0.3, 0.4) is 0 Å². The maximum absolute atomic E-state index is 4.34. The molecule has 2 atom stereocenters. The molecule has 0 saturated carbocycles. The molecule has 3 nitrogen and oxygen atoms in total. The Morgan fingerprint density at radius 1 is 1.73 bits per heavy atom. The quantitative estimate of drug-likeness (QED) is 0.850. The van der Waals surface area contributed by atoms with Crippen molar-refractivity contribution >= 4 is 11.8 Å². The fourth-order valence-corrected chi connectivity index (χ4v) is 3.60. The summed E-state index contributed by atoms with van der Waals surface area (Å²) in [5.74, 6) is 1.31. The summed E-state index contributed by atoms with van der Waals surface area (Å²) in [7, 11) is 2.05. The summed E-state index contributed by atoms with van der Waals surface area (Å²) in [5.41, 5.74) is 1.33. The zero-order chi connectivity index (χ0) is 10.7. The number of aromatic nitrogens is 2. The van der Waals surface area contributed by atoms with Crippen LogP contribution >= 0.6 is 11.8 Å². The first-order valence-electron chi connectivity index (χ1n) is 5.66. The van der Waals surface area contributed by atoms with Gasteiger partial charge >= 0.3 is 0 Å². The average Bonchev–Trinajstić information content (AvgIpc) is 2.89. The summed E-state index contributed by atoms with van der Waals surface area (Å²) in [5, 5.41) is 8.49. The van der Waals surface area contributed by atoms with Gasteiger partial charge in [-0.3, -0.25) is 4.68 Å². The van der Waals surface area contributed by atoms with Gasteiger partial charge in [0.15, 0.2) is 0 Å². The molecule has 0 bridgehead atoms. The van der Waals surface area contributed by atoms with E-state index < -0.39 is 0 Å². The van der Waals surface area contributed by atoms with Gasteiger partial charge in [-0.05, 0) is 32.6 Å². The Morgan fingerprint density at radius 3 is 3.13 bits per heavy atom. The standard InChI is InChI=1S/C11H19N3S/c1-3-14-8-9(7-13-14)11(12-2)10-5-4-6-15-10/h7-8,10-12H,3-6H2,1-2H3. The Morgan fingerprint density at radius 2 is 2.60 bits per heavy atom. The summed E-state index contributed by atoms with van der Waals surface area (Å²) in [6.07, 6.45) is 6.85. The van der Waals surface area contributed by atoms with Gasteiger partial charge in [-0.1, -0.05) is 0 Å². The van der Waals surface area contributed by atoms with Crippen LogP contribution in [0.2, 0.25) is 0 Å². The summed E-state index contributed by atoms with van der Waals surface area (Å²) >= 11 is 2.09. The second kappa shape index (κ2) is 5.03. The van der Waals surface area contributed by atoms with Gasteiger partial charge in [0.05, 0.1) is 6.20 Å². The predicted molar refractivity (Wildman–Crippen MR) is 65.2 cm³/mol. The molecule has 0 amide bonds. The highest BCUT2D eigenvalue weighted by atomic mass is 32.2. The largest absolute Gasteiger partial charge is 0.312 e. The molecule has 0 aromatic carbocycles. The molecule has 1 saturated heterocycles. The normalized spacial score (nSPS) is 23.2. The molecule has 15 heavy (non-hydrogen) atoms. The minimum absolute atomic E-state index is 0.470. The third-order valence-corrected chi connectivity index (χ3v) is 4.44. The molecule has 2 heterocycles. The molecule has 0 aliphatic carbocycles. The van der Waals surface area contributed by atoms with E-state index in [1.165, 1.54) is 24.2 Å². The second-order valence-electron chi connectivity index (χ2n) is 3.95. The topological polar surface area (TPSA) is 29.9 Å². The Hall–Kier alpha value is -0.480. The molecule has 4 heteroatoms. The van der Waals surface area contributed by atoms with Crippen LogP contribution in [-0.2, 0) is 6.54 Å². The molecule has 1 aliphatic rings. The monoisotopic (exact) mass is 225 g/mol. The average molecular weight is 225 g/mol. The number of hydrogen-bond donors (Lipinski definition) is 1. The van der Waals surface area contributed by atoms with Crippen molar-refractivity contribution in [2.24, 2.45) is 0 Å². The van der Waals surface area contributed by atoms with Crippen molar-refractivity contribution in [3.63, 3.8) is 0 Å². The number of nitrogens with zero attached hydrogens (tertiary/aromatic N) is 2. The van der Waals surface area contributed by atoms with Gasteiger partial charge in [0.1, 0.15) is 0 Å². The SMILES string of the molecule is CCn1cc(C(NC)C2CCCS2)cn1. The molecule has 1 aliphatic heterocycles. The van der Waals surface area contributed by atoms with E-state index in [2.05, 4.69) is 35.3 Å². The minimum atomic E-state index is 0.470. The van der Waals surface area contributed by atoms with E-state index in [4.69, 9.17) is 0 Å². The first-order valence-corrected chi connectivity index (χ1v) is 6.71. The first kappa shape index (κ1) is 11.0. The summed E-state index contributed by atoms with van der Waals surface area (Å²) in [6, 6.07) is 0.470. The molecule has 0 radical (unpaired) electrons. The zero-order valence-corrected chi connectivity index (χ0v) is 10.3. The van der Waals surface area contributed by atoms with E-state index in [1.807, 2.05) is 17.9 Å². The first-order chi connectivity index (χ1) is 7.35. The highest BCUT2D eigenvalue weighted by Crippen LogP contribution is 2.35. The maximum Gasteiger partial charge on any atom is 0.0538 e. The van der Waals surface area contributed by atoms with Crippen molar-refractivity contribution in [2.75, 3.05) is 12.8 Å². The van der Waals surface area contributed by atoms with Crippen molar-refractivity contribution in [1.82, 2.24) is 15.1 Å². The number of aryl methyl sites for hydroxylation is 1. The lowest BCUT2D eigenvalue weighted by molar-refractivity contribution is 0.550. The van der Waals surface area contributed by atoms with Crippen LogP contribution in [0.25, 0.3) is 0 Å². The van der Waals surface area contributed by atoms with Crippen LogP contribution in [0.4, 0.5) is 0 Å². The molecular weight excluding hydrogens is 206 g/mol. The van der Waals surface area contributed by atoms with E-state index in [1.54, 1.807) is 0 Å². The fraction of sp³-hybridized carbons (Fsp3) is 0.727. The third kappa shape index (κ3) is 2.37. The summed E-state index contributed by atoms with van der Waals surface area (Å²) in [6.45, 7) is 3.07. The number of hydrogen-bond acceptors (Lipinski definition) is 3. The lowest BCUT2D eigenvalue weighted by Gasteiger charge is -2.20. The Balaban J connectivity index is 2.10. The molecule has 0 spiro atoms. The van der Waals surface area contributed by atoms with E-state index in [-0.39, 0.29) is 0 Å². The van der Waals surface area contributed by atoms with Crippen molar-refractivity contribution in [1.29, 1.82) is 0 Å². The fourth-order valence-electron chi connectivity index (χ4n) is 2.15. The van der Waals surface area contributed by atoms with Crippen molar-refractivity contribution in [3.05, 3.63) is 18.0 Å². The number of thioether (sulfide) groups is 1. The maximum atomic E-state index is 4.34. The molecule has 1 aromatic rings. The molecule has 2 rings (SSSR count). The van der Waals surface area contributed by atoms with Gasteiger partial charge in [0.2, 0.25) is 0 Å². The molecular formula is C11H19N3S. The molecule has 1 aromatic heterocycles. The van der Waals surface area contributed by atoms with Crippen LogP contribution in [0, 0.1) is 0 Å². The lowest BCUT2D eigenvalue weighted by atomic mass is 10.0. The number of nitrogens with one attached hydrogen (secondary N) is 1. The minimum Gasteiger partial charge on any atom is -0.312 e. The van der Waals surface area contributed by atoms with Gasteiger partial charge in [0, 0.05) is 29.6 Å². The van der Waals surface area contributed by atoms with Crippen LogP contribution in [0.5, 0.6) is 0 Å². The summed E-state index contributed by atoms with van der Waals surface area (Å²) in [4.78, 5) is 0. The van der Waals surface area contributed by atoms with Gasteiger partial charge < -0.3 is 5.32 Å². The van der Waals surface area contributed by atoms with Crippen molar-refractivity contribution in [2.45, 2.75) is 37.6 Å². The van der Waals surface area contributed by atoms with Gasteiger partial charge in [-0.15, -0.1) is 0 Å². The molecule has 1 N–H and O–H groups in total. The van der Waals surface area contributed by atoms with Crippen molar-refractivity contribution < 1.29 is 0 Å². The predicted octanol–water partition coefficient (Wildman–Crippen LogP) is 2.06. The molecule has 2 unspecified atom stereocenters. The molecule has 84 valence electrons. The van der Waals surface area contributed by atoms with Gasteiger partial charge in [-0.2, -0.15) is 16.9 Å². The van der Waals surface area contributed by atoms with Gasteiger partial charge in [0.25, 0.3) is 0 Å². The highest BCUT2D eigenvalue weighted by Gasteiger charge is 2.26. The second-order valence-corrected chi connectivity index (χ2v) is 5.29. The highest BCUT2D eigenvalue weighted by molar-refractivity contribution is 8.00. The zero-order valence-electron chi connectivity index (χ0n) is 9.44. The molecule has 1 fully saturated rings. The third-order valence-electron chi connectivity index (χ3n) is 2.98.